The van der Waals surface area contributed by atoms with Gasteiger partial charge in [-0.3, -0.25) is 15.0 Å². The van der Waals surface area contributed by atoms with Gasteiger partial charge in [0.25, 0.3) is 11.8 Å². The number of rotatable bonds is 7. The van der Waals surface area contributed by atoms with Gasteiger partial charge in [0.05, 0.1) is 19.1 Å². The molecule has 1 aliphatic heterocycles. The van der Waals surface area contributed by atoms with Gasteiger partial charge >= 0.3 is 0 Å². The maximum atomic E-state index is 12.9. The van der Waals surface area contributed by atoms with Gasteiger partial charge in [0.1, 0.15) is 11.6 Å². The molecule has 0 unspecified atom stereocenters. The maximum Gasteiger partial charge on any atom is 0.285 e. The number of phenolic OH excluding ortho intramolecular Hbond substituents is 1. The van der Waals surface area contributed by atoms with Crippen molar-refractivity contribution >= 4 is 46.2 Å². The van der Waals surface area contributed by atoms with Gasteiger partial charge in [0.15, 0.2) is 22.4 Å². The van der Waals surface area contributed by atoms with Crippen molar-refractivity contribution in [3.05, 3.63) is 52.7 Å². The van der Waals surface area contributed by atoms with E-state index in [2.05, 4.69) is 5.43 Å². The van der Waals surface area contributed by atoms with E-state index in [1.54, 1.807) is 0 Å². The number of benzene rings is 2. The summed E-state index contributed by atoms with van der Waals surface area (Å²) in [4.78, 5) is 25.1. The van der Waals surface area contributed by atoms with Crippen LogP contribution in [-0.4, -0.2) is 47.1 Å². The number of carbonyl (C=O) groups excluding carboxylic acids is 2. The van der Waals surface area contributed by atoms with Crippen LogP contribution >= 0.6 is 24.0 Å². The van der Waals surface area contributed by atoms with E-state index >= 15 is 0 Å². The molecule has 0 saturated carbocycles. The van der Waals surface area contributed by atoms with Crippen LogP contribution < -0.4 is 19.6 Å². The first-order valence-electron chi connectivity index (χ1n) is 8.73. The molecule has 2 aromatic rings. The molecule has 0 bridgehead atoms. The van der Waals surface area contributed by atoms with Crippen LogP contribution in [-0.2, 0) is 9.59 Å². The molecule has 3 rings (SSSR count). The van der Waals surface area contributed by atoms with Crippen LogP contribution in [0.15, 0.2) is 41.3 Å². The number of nitrogens with zero attached hydrogens (tertiary/aromatic N) is 1. The number of hydrogen-bond acceptors (Lipinski definition) is 8. The van der Waals surface area contributed by atoms with Crippen LogP contribution in [0.1, 0.15) is 5.56 Å². The Morgan fingerprint density at radius 3 is 2.42 bits per heavy atom. The number of halogens is 1. The van der Waals surface area contributed by atoms with E-state index < -0.39 is 24.2 Å². The highest BCUT2D eigenvalue weighted by Crippen LogP contribution is 2.39. The number of nitrogens with one attached hydrogen (secondary N) is 1. The maximum absolute atomic E-state index is 12.9. The highest BCUT2D eigenvalue weighted by Gasteiger charge is 2.33. The van der Waals surface area contributed by atoms with Crippen molar-refractivity contribution in [3.63, 3.8) is 0 Å². The van der Waals surface area contributed by atoms with Crippen LogP contribution in [0.5, 0.6) is 23.0 Å². The topological polar surface area (TPSA) is 97.3 Å². The number of amides is 2. The number of ether oxygens (including phenoxy) is 3. The predicted octanol–water partition coefficient (Wildman–Crippen LogP) is 2.86. The molecule has 2 amide bonds. The van der Waals surface area contributed by atoms with E-state index in [4.69, 9.17) is 26.4 Å². The molecular formula is C20H17FN2O6S2. The van der Waals surface area contributed by atoms with Gasteiger partial charge in [-0.2, -0.15) is 5.01 Å². The van der Waals surface area contributed by atoms with E-state index in [1.807, 2.05) is 0 Å². The Bertz CT molecular complexity index is 1030. The summed E-state index contributed by atoms with van der Waals surface area (Å²) in [7, 11) is 2.78. The van der Waals surface area contributed by atoms with E-state index in [1.165, 1.54) is 56.7 Å². The molecule has 11 heteroatoms. The van der Waals surface area contributed by atoms with Crippen LogP contribution in [0, 0.1) is 5.82 Å². The molecule has 0 aliphatic carbocycles. The molecule has 0 aromatic heterocycles. The Morgan fingerprint density at radius 1 is 1.23 bits per heavy atom. The van der Waals surface area contributed by atoms with Crippen molar-refractivity contribution in [1.29, 1.82) is 0 Å². The van der Waals surface area contributed by atoms with Crippen molar-refractivity contribution in [2.45, 2.75) is 0 Å². The summed E-state index contributed by atoms with van der Waals surface area (Å²) in [6.07, 6.45) is 1.53. The van der Waals surface area contributed by atoms with Gasteiger partial charge in [0, 0.05) is 0 Å². The lowest BCUT2D eigenvalue weighted by atomic mass is 10.1. The van der Waals surface area contributed by atoms with E-state index in [0.29, 0.717) is 11.3 Å². The highest BCUT2D eigenvalue weighted by molar-refractivity contribution is 8.26. The lowest BCUT2D eigenvalue weighted by Crippen LogP contribution is -2.46. The normalized spacial score (nSPS) is 14.7. The summed E-state index contributed by atoms with van der Waals surface area (Å²) in [5.74, 6) is -1.09. The Morgan fingerprint density at radius 2 is 1.84 bits per heavy atom. The minimum atomic E-state index is -0.616. The van der Waals surface area contributed by atoms with E-state index in [-0.39, 0.29) is 26.5 Å². The Hall–Kier alpha value is -3.31. The molecule has 31 heavy (non-hydrogen) atoms. The first-order valence-corrected chi connectivity index (χ1v) is 9.95. The average molecular weight is 464 g/mol. The summed E-state index contributed by atoms with van der Waals surface area (Å²) in [6, 6.07) is 8.22. The third kappa shape index (κ3) is 5.25. The smallest absolute Gasteiger partial charge is 0.285 e. The molecule has 1 saturated heterocycles. The second-order valence-corrected chi connectivity index (χ2v) is 7.74. The van der Waals surface area contributed by atoms with Crippen LogP contribution in [0.25, 0.3) is 6.08 Å². The predicted molar refractivity (Wildman–Crippen MR) is 116 cm³/mol. The molecule has 0 atom stereocenters. The van der Waals surface area contributed by atoms with E-state index in [0.717, 1.165) is 16.8 Å². The van der Waals surface area contributed by atoms with Crippen LogP contribution in [0.4, 0.5) is 4.39 Å². The van der Waals surface area contributed by atoms with Crippen molar-refractivity contribution in [2.24, 2.45) is 0 Å². The Kier molecular flexibility index (Phi) is 6.98. The molecule has 0 spiro atoms. The van der Waals surface area contributed by atoms with E-state index in [9.17, 15) is 19.1 Å². The standard InChI is InChI=1S/C20H17FN2O6S2/c1-27-14-7-11(8-15(28-2)18(14)25)9-16-19(26)23(20(30)31-16)22-17(24)10-29-13-5-3-12(21)4-6-13/h3-9,25H,10H2,1-2H3,(H,22,24). The molecule has 1 fully saturated rings. The molecule has 1 heterocycles. The second-order valence-electron chi connectivity index (χ2n) is 6.07. The molecule has 8 nitrogen and oxygen atoms in total. The zero-order valence-corrected chi connectivity index (χ0v) is 18.0. The van der Waals surface area contributed by atoms with Crippen molar-refractivity contribution in [1.82, 2.24) is 10.4 Å². The summed E-state index contributed by atoms with van der Waals surface area (Å²) in [5.41, 5.74) is 2.91. The molecule has 1 aliphatic rings. The van der Waals surface area contributed by atoms with Gasteiger partial charge in [-0.05, 0) is 60.3 Å². The largest absolute Gasteiger partial charge is 0.502 e. The number of phenols is 1. The fraction of sp³-hybridized carbons (Fsp3) is 0.150. The fourth-order valence-electron chi connectivity index (χ4n) is 2.55. The highest BCUT2D eigenvalue weighted by atomic mass is 32.2. The van der Waals surface area contributed by atoms with Gasteiger partial charge in [0.2, 0.25) is 5.75 Å². The summed E-state index contributed by atoms with van der Waals surface area (Å²) in [5, 5.41) is 10.9. The zero-order valence-electron chi connectivity index (χ0n) is 16.4. The first kappa shape index (κ1) is 22.4. The number of thiocarbonyl (C=S) groups is 1. The van der Waals surface area contributed by atoms with Gasteiger partial charge in [-0.15, -0.1) is 0 Å². The van der Waals surface area contributed by atoms with Gasteiger partial charge in [-0.1, -0.05) is 11.8 Å². The number of hydrazine groups is 1. The minimum Gasteiger partial charge on any atom is -0.502 e. The summed E-state index contributed by atoms with van der Waals surface area (Å²) in [6.45, 7) is -0.395. The molecule has 2 aromatic carbocycles. The average Bonchev–Trinajstić information content (AvgIpc) is 3.01. The van der Waals surface area contributed by atoms with Crippen molar-refractivity contribution in [2.75, 3.05) is 20.8 Å². The minimum absolute atomic E-state index is 0.129. The van der Waals surface area contributed by atoms with Crippen LogP contribution in [0.3, 0.4) is 0 Å². The second kappa shape index (κ2) is 9.67. The Labute approximate surface area is 186 Å². The lowest BCUT2D eigenvalue weighted by Gasteiger charge is -2.15. The molecule has 0 radical (unpaired) electrons. The van der Waals surface area contributed by atoms with Gasteiger partial charge < -0.3 is 19.3 Å². The Balaban J connectivity index is 1.69. The number of carbonyl (C=O) groups is 2. The number of aromatic hydroxyl groups is 1. The number of thioether (sulfide) groups is 1. The zero-order chi connectivity index (χ0) is 22.5. The third-order valence-corrected chi connectivity index (χ3v) is 5.32. The molecule has 162 valence electrons. The van der Waals surface area contributed by atoms with Crippen molar-refractivity contribution < 1.29 is 33.3 Å². The lowest BCUT2D eigenvalue weighted by molar-refractivity contribution is -0.134. The molecular weight excluding hydrogens is 447 g/mol. The fourth-order valence-corrected chi connectivity index (χ4v) is 3.73. The van der Waals surface area contributed by atoms with Gasteiger partial charge in [-0.25, -0.2) is 4.39 Å². The summed E-state index contributed by atoms with van der Waals surface area (Å²) < 4.78 is 28.5. The number of hydrogen-bond donors (Lipinski definition) is 2. The molecule has 2 N–H and O–H groups in total. The SMILES string of the molecule is COc1cc(C=C2SC(=S)N(NC(=O)COc3ccc(F)cc3)C2=O)cc(OC)c1O. The number of methoxy groups -OCH3 is 2. The quantitative estimate of drug-likeness (QED) is 0.477. The van der Waals surface area contributed by atoms with Crippen LogP contribution in [0.2, 0.25) is 0 Å². The third-order valence-electron chi connectivity index (χ3n) is 4.01. The first-order chi connectivity index (χ1) is 14.8. The monoisotopic (exact) mass is 464 g/mol. The van der Waals surface area contributed by atoms with Crippen molar-refractivity contribution in [3.8, 4) is 23.0 Å². The summed E-state index contributed by atoms with van der Waals surface area (Å²) >= 11 is 6.17.